The largest absolute Gasteiger partial charge is 0.468 e. The molecule has 0 radical (unpaired) electrons. The van der Waals surface area contributed by atoms with E-state index in [2.05, 4.69) is 5.32 Å². The molecule has 0 aliphatic heterocycles. The average molecular weight is 265 g/mol. The summed E-state index contributed by atoms with van der Waals surface area (Å²) in [5, 5.41) is 3.24. The topological polar surface area (TPSA) is 38.3 Å². The Balaban J connectivity index is 2.25. The van der Waals surface area contributed by atoms with E-state index in [1.165, 1.54) is 13.2 Å². The molecule has 1 unspecified atom stereocenters. The number of ether oxygens (including phenoxy) is 1. The Labute approximate surface area is 113 Å². The van der Waals surface area contributed by atoms with Gasteiger partial charge >= 0.3 is 5.97 Å². The van der Waals surface area contributed by atoms with E-state index in [1.54, 1.807) is 12.1 Å². The Morgan fingerprint density at radius 2 is 2.11 bits per heavy atom. The lowest BCUT2D eigenvalue weighted by Gasteiger charge is -2.22. The van der Waals surface area contributed by atoms with Crippen molar-refractivity contribution < 1.29 is 13.9 Å². The van der Waals surface area contributed by atoms with E-state index >= 15 is 0 Å². The van der Waals surface area contributed by atoms with Crippen molar-refractivity contribution in [3.63, 3.8) is 0 Å². The van der Waals surface area contributed by atoms with Gasteiger partial charge in [0.05, 0.1) is 7.11 Å². The maximum absolute atomic E-state index is 13.9. The normalized spacial score (nSPS) is 17.4. The van der Waals surface area contributed by atoms with E-state index in [9.17, 15) is 9.18 Å². The summed E-state index contributed by atoms with van der Waals surface area (Å²) in [6.45, 7) is 1.88. The van der Waals surface area contributed by atoms with E-state index in [0.29, 0.717) is 5.56 Å². The minimum atomic E-state index is -0.715. The number of benzene rings is 1. The predicted molar refractivity (Wildman–Crippen MR) is 71.3 cm³/mol. The van der Waals surface area contributed by atoms with Crippen LogP contribution >= 0.6 is 0 Å². The number of methoxy groups -OCH3 is 1. The number of esters is 1. The second-order valence-corrected chi connectivity index (χ2v) is 5.13. The van der Waals surface area contributed by atoms with Crippen molar-refractivity contribution in [3.05, 3.63) is 35.1 Å². The standard InChI is InChI=1S/C15H20FNO2/c1-10-7-8-13(16)12(9-10)14(15(18)19-2)17-11-5-3-4-6-11/h7-9,11,14,17H,3-6H2,1-2H3. The summed E-state index contributed by atoms with van der Waals surface area (Å²) in [7, 11) is 1.33. The van der Waals surface area contributed by atoms with Gasteiger partial charge in [-0.1, -0.05) is 30.5 Å². The van der Waals surface area contributed by atoms with Gasteiger partial charge < -0.3 is 4.74 Å². The van der Waals surface area contributed by atoms with Crippen molar-refractivity contribution in [2.45, 2.75) is 44.7 Å². The summed E-state index contributed by atoms with van der Waals surface area (Å²) < 4.78 is 18.7. The summed E-state index contributed by atoms with van der Waals surface area (Å²) in [4.78, 5) is 11.9. The zero-order chi connectivity index (χ0) is 13.8. The Kier molecular flexibility index (Phi) is 4.53. The fourth-order valence-electron chi connectivity index (χ4n) is 2.62. The van der Waals surface area contributed by atoms with Gasteiger partial charge in [0.1, 0.15) is 11.9 Å². The van der Waals surface area contributed by atoms with Gasteiger partial charge in [-0.15, -0.1) is 0 Å². The van der Waals surface area contributed by atoms with E-state index in [0.717, 1.165) is 31.2 Å². The Hall–Kier alpha value is -1.42. The molecule has 1 N–H and O–H groups in total. The van der Waals surface area contributed by atoms with Crippen LogP contribution in [-0.4, -0.2) is 19.1 Å². The molecule has 1 saturated carbocycles. The number of halogens is 1. The first-order valence-corrected chi connectivity index (χ1v) is 6.71. The van der Waals surface area contributed by atoms with Gasteiger partial charge in [-0.05, 0) is 25.8 Å². The molecule has 0 amide bonds. The van der Waals surface area contributed by atoms with Crippen LogP contribution < -0.4 is 5.32 Å². The van der Waals surface area contributed by atoms with Crippen molar-refractivity contribution in [3.8, 4) is 0 Å². The highest BCUT2D eigenvalue weighted by atomic mass is 19.1. The minimum absolute atomic E-state index is 0.268. The van der Waals surface area contributed by atoms with Gasteiger partial charge in [0.25, 0.3) is 0 Å². The molecule has 1 aromatic rings. The number of rotatable bonds is 4. The van der Waals surface area contributed by atoms with Crippen molar-refractivity contribution in [2.75, 3.05) is 7.11 Å². The highest BCUT2D eigenvalue weighted by Gasteiger charge is 2.28. The lowest BCUT2D eigenvalue weighted by atomic mass is 10.0. The van der Waals surface area contributed by atoms with E-state index in [-0.39, 0.29) is 11.9 Å². The van der Waals surface area contributed by atoms with E-state index < -0.39 is 12.0 Å². The smallest absolute Gasteiger partial charge is 0.327 e. The third-order valence-corrected chi connectivity index (χ3v) is 3.66. The predicted octanol–water partition coefficient (Wildman–Crippen LogP) is 2.88. The fraction of sp³-hybridized carbons (Fsp3) is 0.533. The van der Waals surface area contributed by atoms with Gasteiger partial charge in [0.2, 0.25) is 0 Å². The van der Waals surface area contributed by atoms with Crippen LogP contribution in [0.2, 0.25) is 0 Å². The first-order valence-electron chi connectivity index (χ1n) is 6.71. The molecule has 4 heteroatoms. The van der Waals surface area contributed by atoms with Crippen molar-refractivity contribution in [1.29, 1.82) is 0 Å². The second kappa shape index (κ2) is 6.15. The van der Waals surface area contributed by atoms with Gasteiger partial charge in [0.15, 0.2) is 0 Å². The zero-order valence-electron chi connectivity index (χ0n) is 11.4. The molecule has 0 saturated heterocycles. The maximum atomic E-state index is 13.9. The van der Waals surface area contributed by atoms with Gasteiger partial charge in [0, 0.05) is 11.6 Å². The second-order valence-electron chi connectivity index (χ2n) is 5.13. The molecular weight excluding hydrogens is 245 g/mol. The molecule has 2 rings (SSSR count). The molecular formula is C15H20FNO2. The van der Waals surface area contributed by atoms with Crippen LogP contribution in [0.4, 0.5) is 4.39 Å². The van der Waals surface area contributed by atoms with Gasteiger partial charge in [-0.25, -0.2) is 9.18 Å². The molecule has 1 atom stereocenters. The van der Waals surface area contributed by atoms with Gasteiger partial charge in [-0.3, -0.25) is 5.32 Å². The number of carbonyl (C=O) groups is 1. The SMILES string of the molecule is COC(=O)C(NC1CCCC1)c1cc(C)ccc1F. The zero-order valence-corrected chi connectivity index (χ0v) is 11.4. The van der Waals surface area contributed by atoms with Crippen LogP contribution in [-0.2, 0) is 9.53 Å². The molecule has 1 aliphatic rings. The average Bonchev–Trinajstić information content (AvgIpc) is 2.91. The molecule has 0 spiro atoms. The molecule has 19 heavy (non-hydrogen) atoms. The summed E-state index contributed by atoms with van der Waals surface area (Å²) in [5.41, 5.74) is 1.30. The first-order chi connectivity index (χ1) is 9.11. The molecule has 3 nitrogen and oxygen atoms in total. The third-order valence-electron chi connectivity index (χ3n) is 3.66. The minimum Gasteiger partial charge on any atom is -0.468 e. The fourth-order valence-corrected chi connectivity index (χ4v) is 2.62. The van der Waals surface area contributed by atoms with E-state index in [1.807, 2.05) is 6.92 Å². The highest BCUT2D eigenvalue weighted by Crippen LogP contribution is 2.25. The van der Waals surface area contributed by atoms with Gasteiger partial charge in [-0.2, -0.15) is 0 Å². The number of aryl methyl sites for hydroxylation is 1. The molecule has 1 aromatic carbocycles. The third kappa shape index (κ3) is 3.32. The molecule has 0 heterocycles. The number of carbonyl (C=O) groups excluding carboxylic acids is 1. The lowest BCUT2D eigenvalue weighted by Crippen LogP contribution is -2.36. The highest BCUT2D eigenvalue weighted by molar-refractivity contribution is 5.77. The maximum Gasteiger partial charge on any atom is 0.327 e. The summed E-state index contributed by atoms with van der Waals surface area (Å²) in [6, 6.07) is 4.36. The van der Waals surface area contributed by atoms with Crippen LogP contribution in [0.3, 0.4) is 0 Å². The Morgan fingerprint density at radius 3 is 2.74 bits per heavy atom. The molecule has 1 aliphatic carbocycles. The van der Waals surface area contributed by atoms with Crippen LogP contribution in [0.5, 0.6) is 0 Å². The molecule has 1 fully saturated rings. The quantitative estimate of drug-likeness (QED) is 0.851. The van der Waals surface area contributed by atoms with E-state index in [4.69, 9.17) is 4.74 Å². The number of hydrogen-bond donors (Lipinski definition) is 1. The van der Waals surface area contributed by atoms with Crippen molar-refractivity contribution in [2.24, 2.45) is 0 Å². The number of nitrogens with one attached hydrogen (secondary N) is 1. The van der Waals surface area contributed by atoms with Crippen molar-refractivity contribution >= 4 is 5.97 Å². The Morgan fingerprint density at radius 1 is 1.42 bits per heavy atom. The monoisotopic (exact) mass is 265 g/mol. The first kappa shape index (κ1) is 14.0. The van der Waals surface area contributed by atoms with Crippen LogP contribution in [0.1, 0.15) is 42.9 Å². The molecule has 0 aromatic heterocycles. The van der Waals surface area contributed by atoms with Crippen LogP contribution in [0.15, 0.2) is 18.2 Å². The lowest BCUT2D eigenvalue weighted by molar-refractivity contribution is -0.143. The van der Waals surface area contributed by atoms with Crippen LogP contribution in [0.25, 0.3) is 0 Å². The summed E-state index contributed by atoms with van der Waals surface area (Å²) in [6.07, 6.45) is 4.37. The summed E-state index contributed by atoms with van der Waals surface area (Å²) >= 11 is 0. The van der Waals surface area contributed by atoms with Crippen LogP contribution in [0, 0.1) is 12.7 Å². The Bertz CT molecular complexity index is 455. The van der Waals surface area contributed by atoms with Crippen molar-refractivity contribution in [1.82, 2.24) is 5.32 Å². The molecule has 104 valence electrons. The summed E-state index contributed by atoms with van der Waals surface area (Å²) in [5.74, 6) is -0.803. The number of hydrogen-bond acceptors (Lipinski definition) is 3. The molecule has 0 bridgehead atoms.